The third kappa shape index (κ3) is 4.23. The lowest BCUT2D eigenvalue weighted by atomic mass is 9.94. The van der Waals surface area contributed by atoms with E-state index >= 15 is 0 Å². The molecule has 2 N–H and O–H groups in total. The second-order valence-electron chi connectivity index (χ2n) is 5.52. The van der Waals surface area contributed by atoms with Crippen LogP contribution < -0.4 is 0 Å². The number of carbonyl (C=O) groups is 2. The van der Waals surface area contributed by atoms with Gasteiger partial charge in [-0.3, -0.25) is 4.79 Å². The summed E-state index contributed by atoms with van der Waals surface area (Å²) in [5.41, 5.74) is 2.78. The van der Waals surface area contributed by atoms with Gasteiger partial charge in [-0.15, -0.1) is 5.06 Å². The van der Waals surface area contributed by atoms with E-state index in [9.17, 15) is 9.59 Å². The lowest BCUT2D eigenvalue weighted by Gasteiger charge is -2.23. The van der Waals surface area contributed by atoms with Gasteiger partial charge in [0.15, 0.2) is 6.04 Å². The van der Waals surface area contributed by atoms with Gasteiger partial charge in [0, 0.05) is 7.05 Å². The maximum atomic E-state index is 12.7. The molecule has 0 aliphatic rings. The fraction of sp³-hybridized carbons (Fsp3) is 0.263. The molecule has 6 nitrogen and oxygen atoms in total. The average molecular weight is 343 g/mol. The molecule has 0 bridgehead atoms. The van der Waals surface area contributed by atoms with Crippen LogP contribution >= 0.6 is 0 Å². The molecular formula is C19H21NO5. The first-order valence-electron chi connectivity index (χ1n) is 7.95. The number of aliphatic hydroxyl groups excluding tert-OH is 1. The summed E-state index contributed by atoms with van der Waals surface area (Å²) in [6.45, 7) is 1.26. The lowest BCUT2D eigenvalue weighted by Crippen LogP contribution is -2.42. The van der Waals surface area contributed by atoms with E-state index in [0.717, 1.165) is 16.2 Å². The molecule has 25 heavy (non-hydrogen) atoms. The van der Waals surface area contributed by atoms with Crippen molar-refractivity contribution in [2.24, 2.45) is 0 Å². The van der Waals surface area contributed by atoms with Crippen LogP contribution in [0.5, 0.6) is 0 Å². The van der Waals surface area contributed by atoms with Crippen LogP contribution in [0.1, 0.15) is 22.8 Å². The number of aliphatic hydroxyl groups is 1. The normalized spacial score (nSPS) is 12.0. The van der Waals surface area contributed by atoms with Gasteiger partial charge in [0.1, 0.15) is 0 Å². The molecule has 6 heteroatoms. The summed E-state index contributed by atoms with van der Waals surface area (Å²) in [6.07, 6.45) is 0.622. The minimum atomic E-state index is -1.32. The topological polar surface area (TPSA) is 87.1 Å². The van der Waals surface area contributed by atoms with E-state index in [0.29, 0.717) is 17.5 Å². The Labute approximate surface area is 146 Å². The number of likely N-dealkylation sites (N-methyl/N-ethyl adjacent to an activating group) is 1. The molecule has 0 heterocycles. The molecule has 132 valence electrons. The number of hydroxylamine groups is 2. The van der Waals surface area contributed by atoms with Crippen LogP contribution in [0.25, 0.3) is 11.1 Å². The van der Waals surface area contributed by atoms with Crippen LogP contribution in [0.3, 0.4) is 0 Å². The van der Waals surface area contributed by atoms with Gasteiger partial charge in [0.2, 0.25) is 0 Å². The Morgan fingerprint density at radius 3 is 2.36 bits per heavy atom. The Hall–Kier alpha value is -2.70. The summed E-state index contributed by atoms with van der Waals surface area (Å²) in [7, 11) is 1.31. The van der Waals surface area contributed by atoms with Crippen molar-refractivity contribution in [2.75, 3.05) is 13.7 Å². The molecule has 1 atom stereocenters. The third-order valence-electron chi connectivity index (χ3n) is 3.94. The summed E-state index contributed by atoms with van der Waals surface area (Å²) in [5, 5.41) is 19.1. The van der Waals surface area contributed by atoms with E-state index in [1.54, 1.807) is 0 Å². The molecule has 2 aromatic rings. The van der Waals surface area contributed by atoms with E-state index in [2.05, 4.69) is 0 Å². The van der Waals surface area contributed by atoms with E-state index in [4.69, 9.17) is 15.1 Å². The summed E-state index contributed by atoms with van der Waals surface area (Å²) in [6, 6.07) is 13.6. The van der Waals surface area contributed by atoms with Crippen molar-refractivity contribution in [1.82, 2.24) is 5.06 Å². The van der Waals surface area contributed by atoms with Crippen LogP contribution in [0.2, 0.25) is 0 Å². The van der Waals surface area contributed by atoms with Gasteiger partial charge in [0.05, 0.1) is 12.2 Å². The number of carbonyl (C=O) groups excluding carboxylic acids is 1. The fourth-order valence-corrected chi connectivity index (χ4v) is 2.58. The quantitative estimate of drug-likeness (QED) is 0.751. The summed E-state index contributed by atoms with van der Waals surface area (Å²) in [5.74, 6) is -1.93. The highest BCUT2D eigenvalue weighted by molar-refractivity contribution is 5.98. The standard InChI is InChI=1S/C19H21NO5/c1-3-13-10-7-11-15(14-8-5-4-6-9-14)17(13)19(24)25-20(2)16(12-21)18(22)23/h4-11,16,21H,3,12H2,1-2H3,(H,22,23)/t16-/m0/s1. The zero-order valence-electron chi connectivity index (χ0n) is 14.2. The zero-order valence-corrected chi connectivity index (χ0v) is 14.2. The SMILES string of the molecule is CCc1cccc(-c2ccccc2)c1C(=O)ON(C)[C@@H](CO)C(=O)O. The number of carboxylic acid groups (broad SMARTS) is 1. The Balaban J connectivity index is 2.40. The molecule has 0 fully saturated rings. The van der Waals surface area contributed by atoms with Crippen molar-refractivity contribution >= 4 is 11.9 Å². The maximum absolute atomic E-state index is 12.7. The number of aryl methyl sites for hydroxylation is 1. The van der Waals surface area contributed by atoms with Crippen molar-refractivity contribution < 1.29 is 24.6 Å². The van der Waals surface area contributed by atoms with Gasteiger partial charge in [-0.1, -0.05) is 55.5 Å². The largest absolute Gasteiger partial charge is 0.480 e. The van der Waals surface area contributed by atoms with Gasteiger partial charge in [-0.05, 0) is 23.1 Å². The third-order valence-corrected chi connectivity index (χ3v) is 3.94. The van der Waals surface area contributed by atoms with Crippen LogP contribution in [0, 0.1) is 0 Å². The number of rotatable bonds is 7. The van der Waals surface area contributed by atoms with Crippen LogP contribution in [-0.2, 0) is 16.1 Å². The van der Waals surface area contributed by atoms with Gasteiger partial charge < -0.3 is 15.1 Å². The highest BCUT2D eigenvalue weighted by Gasteiger charge is 2.27. The molecule has 0 aromatic heterocycles. The molecule has 0 saturated carbocycles. The highest BCUT2D eigenvalue weighted by Crippen LogP contribution is 2.27. The Morgan fingerprint density at radius 1 is 1.12 bits per heavy atom. The van der Waals surface area contributed by atoms with Crippen LogP contribution in [0.15, 0.2) is 48.5 Å². The lowest BCUT2D eigenvalue weighted by molar-refractivity contribution is -0.168. The molecule has 0 spiro atoms. The minimum absolute atomic E-state index is 0.394. The Bertz CT molecular complexity index is 745. The van der Waals surface area contributed by atoms with E-state index in [1.165, 1.54) is 7.05 Å². The average Bonchev–Trinajstić information content (AvgIpc) is 2.61. The van der Waals surface area contributed by atoms with Crippen molar-refractivity contribution in [1.29, 1.82) is 0 Å². The molecule has 0 unspecified atom stereocenters. The Kier molecular flexibility index (Phi) is 6.27. The number of nitrogens with zero attached hydrogens (tertiary/aromatic N) is 1. The first-order valence-corrected chi connectivity index (χ1v) is 7.95. The van der Waals surface area contributed by atoms with Crippen molar-refractivity contribution in [3.05, 3.63) is 59.7 Å². The highest BCUT2D eigenvalue weighted by atomic mass is 16.7. The summed E-state index contributed by atoms with van der Waals surface area (Å²) < 4.78 is 0. The maximum Gasteiger partial charge on any atom is 0.357 e. The van der Waals surface area contributed by atoms with Crippen molar-refractivity contribution in [3.8, 4) is 11.1 Å². The van der Waals surface area contributed by atoms with Crippen molar-refractivity contribution in [2.45, 2.75) is 19.4 Å². The molecule has 0 aliphatic heterocycles. The molecular weight excluding hydrogens is 322 g/mol. The molecule has 2 rings (SSSR count). The molecule has 0 aliphatic carbocycles. The van der Waals surface area contributed by atoms with Crippen LogP contribution in [-0.4, -0.2) is 46.9 Å². The van der Waals surface area contributed by atoms with Gasteiger partial charge in [-0.25, -0.2) is 4.79 Å². The summed E-state index contributed by atoms with van der Waals surface area (Å²) >= 11 is 0. The predicted octanol–water partition coefficient (Wildman–Crippen LogP) is 2.37. The van der Waals surface area contributed by atoms with E-state index in [1.807, 2.05) is 55.5 Å². The Morgan fingerprint density at radius 2 is 1.80 bits per heavy atom. The predicted molar refractivity (Wildman–Crippen MR) is 92.9 cm³/mol. The minimum Gasteiger partial charge on any atom is -0.480 e. The zero-order chi connectivity index (χ0) is 18.4. The molecule has 0 saturated heterocycles. The fourth-order valence-electron chi connectivity index (χ4n) is 2.58. The second kappa shape index (κ2) is 8.41. The molecule has 2 aromatic carbocycles. The first-order chi connectivity index (χ1) is 12.0. The molecule has 0 amide bonds. The van der Waals surface area contributed by atoms with Gasteiger partial charge in [-0.2, -0.15) is 0 Å². The van der Waals surface area contributed by atoms with Gasteiger partial charge >= 0.3 is 11.9 Å². The second-order valence-corrected chi connectivity index (χ2v) is 5.52. The monoisotopic (exact) mass is 343 g/mol. The van der Waals surface area contributed by atoms with Crippen molar-refractivity contribution in [3.63, 3.8) is 0 Å². The smallest absolute Gasteiger partial charge is 0.357 e. The molecule has 0 radical (unpaired) electrons. The number of hydrogen-bond acceptors (Lipinski definition) is 5. The number of benzene rings is 2. The van der Waals surface area contributed by atoms with Crippen LogP contribution in [0.4, 0.5) is 0 Å². The van der Waals surface area contributed by atoms with Gasteiger partial charge in [0.25, 0.3) is 0 Å². The van der Waals surface area contributed by atoms with E-state index < -0.39 is 24.6 Å². The number of aliphatic carboxylic acids is 1. The number of hydrogen-bond donors (Lipinski definition) is 2. The first kappa shape index (κ1) is 18.6. The number of carboxylic acids is 1. The summed E-state index contributed by atoms with van der Waals surface area (Å²) in [4.78, 5) is 29.1. The van der Waals surface area contributed by atoms with E-state index in [-0.39, 0.29) is 0 Å².